The molecule has 0 radical (unpaired) electrons. The largest absolute Gasteiger partial charge is 0.0814 e. The molecule has 0 aliphatic rings. The van der Waals surface area contributed by atoms with Gasteiger partial charge in [0.15, 0.2) is 0 Å². The highest BCUT2D eigenvalue weighted by molar-refractivity contribution is 5.49. The van der Waals surface area contributed by atoms with Crippen LogP contribution in [-0.4, -0.2) is 0 Å². The third-order valence-corrected chi connectivity index (χ3v) is 1.75. The molecule has 0 heterocycles. The Morgan fingerprint density at radius 1 is 1.08 bits per heavy atom. The summed E-state index contributed by atoms with van der Waals surface area (Å²) in [5.41, 5.74) is 2.60. The summed E-state index contributed by atoms with van der Waals surface area (Å²) in [5.74, 6) is 0.631. The molecule has 1 rings (SSSR count). The van der Waals surface area contributed by atoms with Crippen LogP contribution in [0.5, 0.6) is 0 Å². The number of aryl methyl sites for hydroxylation is 1. The fraction of sp³-hybridized carbons (Fsp3) is 0.333. The summed E-state index contributed by atoms with van der Waals surface area (Å²) in [6, 6.07) is 8.57. The first kappa shape index (κ1) is 9.05. The lowest BCUT2D eigenvalue weighted by molar-refractivity contribution is 0.836. The van der Waals surface area contributed by atoms with Gasteiger partial charge in [-0.25, -0.2) is 0 Å². The summed E-state index contributed by atoms with van der Waals surface area (Å²) >= 11 is 0. The van der Waals surface area contributed by atoms with Gasteiger partial charge in [-0.3, -0.25) is 0 Å². The van der Waals surface area contributed by atoms with Crippen LogP contribution >= 0.6 is 0 Å². The van der Waals surface area contributed by atoms with E-state index in [4.69, 9.17) is 0 Å². The minimum atomic E-state index is 0.631. The molecular weight excluding hydrogens is 144 g/mol. The molecule has 0 bridgehead atoms. The van der Waals surface area contributed by atoms with E-state index >= 15 is 0 Å². The molecule has 0 N–H and O–H groups in total. The first-order chi connectivity index (χ1) is 5.68. The maximum Gasteiger partial charge on any atom is -0.0260 e. The lowest BCUT2D eigenvalue weighted by Gasteiger charge is -1.96. The monoisotopic (exact) mass is 160 g/mol. The predicted octanol–water partition coefficient (Wildman–Crippen LogP) is 3.66. The van der Waals surface area contributed by atoms with Crippen molar-refractivity contribution >= 4 is 6.08 Å². The van der Waals surface area contributed by atoms with Gasteiger partial charge in [0.2, 0.25) is 0 Å². The van der Waals surface area contributed by atoms with Crippen LogP contribution in [-0.2, 0) is 0 Å². The maximum absolute atomic E-state index is 2.21. The quantitative estimate of drug-likeness (QED) is 0.619. The molecule has 0 heteroatoms. The van der Waals surface area contributed by atoms with Crippen molar-refractivity contribution in [3.05, 3.63) is 41.5 Å². The van der Waals surface area contributed by atoms with Crippen LogP contribution in [0.25, 0.3) is 6.08 Å². The molecule has 0 atom stereocenters. The first-order valence-electron chi connectivity index (χ1n) is 4.43. The summed E-state index contributed by atoms with van der Waals surface area (Å²) in [6.07, 6.45) is 4.38. The topological polar surface area (TPSA) is 0 Å². The van der Waals surface area contributed by atoms with E-state index in [1.54, 1.807) is 0 Å². The Morgan fingerprint density at radius 2 is 1.67 bits per heavy atom. The SMILES string of the molecule is Cc1ccc(/C=C\C(C)C)cc1. The van der Waals surface area contributed by atoms with Crippen molar-refractivity contribution in [1.29, 1.82) is 0 Å². The summed E-state index contributed by atoms with van der Waals surface area (Å²) in [4.78, 5) is 0. The minimum absolute atomic E-state index is 0.631. The van der Waals surface area contributed by atoms with Gasteiger partial charge >= 0.3 is 0 Å². The predicted molar refractivity (Wildman–Crippen MR) is 55.1 cm³/mol. The van der Waals surface area contributed by atoms with Crippen molar-refractivity contribution < 1.29 is 0 Å². The molecule has 0 aromatic heterocycles. The van der Waals surface area contributed by atoms with E-state index in [2.05, 4.69) is 57.2 Å². The highest BCUT2D eigenvalue weighted by Gasteiger charge is 1.87. The molecule has 64 valence electrons. The van der Waals surface area contributed by atoms with Gasteiger partial charge in [-0.1, -0.05) is 55.8 Å². The second-order valence-electron chi connectivity index (χ2n) is 3.51. The Balaban J connectivity index is 2.71. The van der Waals surface area contributed by atoms with Crippen LogP contribution in [0.3, 0.4) is 0 Å². The van der Waals surface area contributed by atoms with Gasteiger partial charge in [0.05, 0.1) is 0 Å². The molecule has 12 heavy (non-hydrogen) atoms. The van der Waals surface area contributed by atoms with Crippen molar-refractivity contribution in [2.75, 3.05) is 0 Å². The molecule has 0 aliphatic heterocycles. The number of hydrogen-bond donors (Lipinski definition) is 0. The first-order valence-corrected chi connectivity index (χ1v) is 4.43. The van der Waals surface area contributed by atoms with Crippen molar-refractivity contribution in [3.63, 3.8) is 0 Å². The third-order valence-electron chi connectivity index (χ3n) is 1.75. The number of benzene rings is 1. The van der Waals surface area contributed by atoms with Gasteiger partial charge in [-0.15, -0.1) is 0 Å². The number of allylic oxidation sites excluding steroid dienone is 1. The zero-order valence-electron chi connectivity index (χ0n) is 8.04. The van der Waals surface area contributed by atoms with Crippen LogP contribution in [0.4, 0.5) is 0 Å². The number of rotatable bonds is 2. The Morgan fingerprint density at radius 3 is 2.17 bits per heavy atom. The van der Waals surface area contributed by atoms with E-state index in [0.29, 0.717) is 5.92 Å². The van der Waals surface area contributed by atoms with Gasteiger partial charge in [0.1, 0.15) is 0 Å². The highest BCUT2D eigenvalue weighted by Crippen LogP contribution is 2.06. The maximum atomic E-state index is 2.21. The molecule has 1 aromatic rings. The Hall–Kier alpha value is -1.04. The highest BCUT2D eigenvalue weighted by atomic mass is 13.9. The molecule has 0 saturated carbocycles. The van der Waals surface area contributed by atoms with E-state index in [9.17, 15) is 0 Å². The molecule has 0 amide bonds. The number of hydrogen-bond acceptors (Lipinski definition) is 0. The van der Waals surface area contributed by atoms with Crippen molar-refractivity contribution in [2.45, 2.75) is 20.8 Å². The average molecular weight is 160 g/mol. The van der Waals surface area contributed by atoms with E-state index in [1.807, 2.05) is 0 Å². The summed E-state index contributed by atoms with van der Waals surface area (Å²) in [5, 5.41) is 0. The van der Waals surface area contributed by atoms with Crippen LogP contribution in [0.1, 0.15) is 25.0 Å². The fourth-order valence-electron chi connectivity index (χ4n) is 0.981. The smallest absolute Gasteiger partial charge is 0.0260 e. The van der Waals surface area contributed by atoms with Gasteiger partial charge < -0.3 is 0 Å². The van der Waals surface area contributed by atoms with Crippen molar-refractivity contribution in [1.82, 2.24) is 0 Å². The molecule has 0 fully saturated rings. The van der Waals surface area contributed by atoms with E-state index in [1.165, 1.54) is 11.1 Å². The van der Waals surface area contributed by atoms with Crippen molar-refractivity contribution in [2.24, 2.45) is 5.92 Å². The Bertz CT molecular complexity index is 252. The Kier molecular flexibility index (Phi) is 3.09. The standard InChI is InChI=1S/C12H16/c1-10(2)4-7-12-8-5-11(3)6-9-12/h4-10H,1-3H3/b7-4-. The molecule has 0 aliphatic carbocycles. The molecule has 0 nitrogen and oxygen atoms in total. The van der Waals surface area contributed by atoms with Gasteiger partial charge in [-0.2, -0.15) is 0 Å². The second-order valence-corrected chi connectivity index (χ2v) is 3.51. The Labute approximate surface area is 74.9 Å². The van der Waals surface area contributed by atoms with Gasteiger partial charge in [-0.05, 0) is 18.4 Å². The second kappa shape index (κ2) is 4.10. The van der Waals surface area contributed by atoms with E-state index < -0.39 is 0 Å². The van der Waals surface area contributed by atoms with Gasteiger partial charge in [0.25, 0.3) is 0 Å². The normalized spacial score (nSPS) is 11.3. The average Bonchev–Trinajstić information content (AvgIpc) is 2.03. The zero-order chi connectivity index (χ0) is 8.97. The lowest BCUT2D eigenvalue weighted by atomic mass is 10.1. The van der Waals surface area contributed by atoms with Crippen LogP contribution in [0, 0.1) is 12.8 Å². The molecule has 0 unspecified atom stereocenters. The van der Waals surface area contributed by atoms with E-state index in [0.717, 1.165) is 0 Å². The van der Waals surface area contributed by atoms with Crippen LogP contribution < -0.4 is 0 Å². The van der Waals surface area contributed by atoms with Crippen LogP contribution in [0.15, 0.2) is 30.3 Å². The zero-order valence-corrected chi connectivity index (χ0v) is 8.04. The van der Waals surface area contributed by atoms with Gasteiger partial charge in [0, 0.05) is 0 Å². The summed E-state index contributed by atoms with van der Waals surface area (Å²) < 4.78 is 0. The molecular formula is C12H16. The molecule has 1 aromatic carbocycles. The van der Waals surface area contributed by atoms with Crippen molar-refractivity contribution in [3.8, 4) is 0 Å². The minimum Gasteiger partial charge on any atom is -0.0814 e. The van der Waals surface area contributed by atoms with E-state index in [-0.39, 0.29) is 0 Å². The fourth-order valence-corrected chi connectivity index (χ4v) is 0.981. The third kappa shape index (κ3) is 2.91. The summed E-state index contributed by atoms with van der Waals surface area (Å²) in [6.45, 7) is 6.48. The molecule has 0 spiro atoms. The summed E-state index contributed by atoms with van der Waals surface area (Å²) in [7, 11) is 0. The van der Waals surface area contributed by atoms with Crippen LogP contribution in [0.2, 0.25) is 0 Å². The lowest BCUT2D eigenvalue weighted by Crippen LogP contribution is -1.78. The molecule has 0 saturated heterocycles.